The van der Waals surface area contributed by atoms with Crippen LogP contribution in [0, 0.1) is 0 Å². The molecule has 2 rings (SSSR count). The second-order valence-corrected chi connectivity index (χ2v) is 5.24. The van der Waals surface area contributed by atoms with Gasteiger partial charge in [0.05, 0.1) is 20.1 Å². The number of ether oxygens (including phenoxy) is 3. The smallest absolute Gasteiger partial charge is 0.220 e. The first kappa shape index (κ1) is 17.6. The summed E-state index contributed by atoms with van der Waals surface area (Å²) in [6, 6.07) is -0.401. The standard InChI is InChI=1S/C13H22FN5O4/c1-7(14)10(20)8(4-21-2)23-6-19-5-16-9-11(19)17-13(15)18-12(9)22-3/h5,7-11,20H,4,6H2,1-3H3,(H2,15,17)/t7-,8-,9?,10+,11?/m1/s1. The number of aliphatic imine (C=N–C) groups is 3. The van der Waals surface area contributed by atoms with Crippen LogP contribution in [-0.2, 0) is 14.2 Å². The highest BCUT2D eigenvalue weighted by Crippen LogP contribution is 2.21. The van der Waals surface area contributed by atoms with Gasteiger partial charge in [0.15, 0.2) is 12.2 Å². The Hall–Kier alpha value is -1.78. The summed E-state index contributed by atoms with van der Waals surface area (Å²) in [6.07, 6.45) is -2.44. The van der Waals surface area contributed by atoms with Crippen molar-refractivity contribution in [3.63, 3.8) is 0 Å². The number of aliphatic hydroxyl groups excluding tert-OH is 1. The molecule has 3 N–H and O–H groups in total. The van der Waals surface area contributed by atoms with E-state index in [0.29, 0.717) is 5.90 Å². The van der Waals surface area contributed by atoms with Gasteiger partial charge in [-0.3, -0.25) is 4.99 Å². The Morgan fingerprint density at radius 2 is 2.22 bits per heavy atom. The van der Waals surface area contributed by atoms with Gasteiger partial charge in [-0.05, 0) is 6.92 Å². The van der Waals surface area contributed by atoms with Crippen molar-refractivity contribution in [3.8, 4) is 0 Å². The fourth-order valence-corrected chi connectivity index (χ4v) is 2.33. The molecule has 2 aliphatic rings. The van der Waals surface area contributed by atoms with E-state index in [9.17, 15) is 9.50 Å². The largest absolute Gasteiger partial charge is 0.482 e. The molecular formula is C13H22FN5O4. The molecule has 2 heterocycles. The topological polar surface area (TPSA) is 114 Å². The molecule has 9 nitrogen and oxygen atoms in total. The fraction of sp³-hybridized carbons (Fsp3) is 0.769. The Bertz CT molecular complexity index is 499. The first-order valence-corrected chi connectivity index (χ1v) is 7.15. The Morgan fingerprint density at radius 3 is 2.83 bits per heavy atom. The highest BCUT2D eigenvalue weighted by Gasteiger charge is 2.38. The van der Waals surface area contributed by atoms with Gasteiger partial charge in [-0.1, -0.05) is 0 Å². The molecule has 0 radical (unpaired) electrons. The van der Waals surface area contributed by atoms with Gasteiger partial charge in [0.1, 0.15) is 25.1 Å². The second-order valence-electron chi connectivity index (χ2n) is 5.24. The highest BCUT2D eigenvalue weighted by molar-refractivity contribution is 5.99. The van der Waals surface area contributed by atoms with Crippen molar-refractivity contribution >= 4 is 18.2 Å². The number of aliphatic hydroxyl groups is 1. The maximum atomic E-state index is 13.3. The number of hydrogen-bond acceptors (Lipinski definition) is 9. The van der Waals surface area contributed by atoms with Crippen LogP contribution in [0.25, 0.3) is 0 Å². The van der Waals surface area contributed by atoms with E-state index in [1.165, 1.54) is 21.1 Å². The van der Waals surface area contributed by atoms with Crippen LogP contribution in [0.5, 0.6) is 0 Å². The van der Waals surface area contributed by atoms with Gasteiger partial charge in [-0.2, -0.15) is 4.99 Å². The SMILES string of the molecule is COC[C@@H](OCN1C=NC2C(OC)=NC(N)=NC21)[C@@H](O)[C@@H](C)F. The summed E-state index contributed by atoms with van der Waals surface area (Å²) in [5.41, 5.74) is 5.66. The van der Waals surface area contributed by atoms with Gasteiger partial charge in [-0.25, -0.2) is 9.38 Å². The van der Waals surface area contributed by atoms with Gasteiger partial charge >= 0.3 is 0 Å². The Balaban J connectivity index is 1.99. The number of fused-ring (bicyclic) bond motifs is 1. The quantitative estimate of drug-likeness (QED) is 0.625. The van der Waals surface area contributed by atoms with Crippen LogP contribution >= 0.6 is 0 Å². The lowest BCUT2D eigenvalue weighted by Gasteiger charge is -2.30. The van der Waals surface area contributed by atoms with E-state index in [2.05, 4.69) is 15.0 Å². The lowest BCUT2D eigenvalue weighted by Crippen LogP contribution is -2.47. The van der Waals surface area contributed by atoms with Crippen LogP contribution in [0.15, 0.2) is 15.0 Å². The molecule has 0 saturated heterocycles. The Morgan fingerprint density at radius 1 is 1.48 bits per heavy atom. The molecule has 0 spiro atoms. The van der Waals surface area contributed by atoms with E-state index in [4.69, 9.17) is 19.9 Å². The lowest BCUT2D eigenvalue weighted by molar-refractivity contribution is -0.112. The lowest BCUT2D eigenvalue weighted by atomic mass is 10.1. The normalized spacial score (nSPS) is 27.1. The van der Waals surface area contributed by atoms with Crippen molar-refractivity contribution in [1.82, 2.24) is 4.90 Å². The third-order valence-corrected chi connectivity index (χ3v) is 3.57. The van der Waals surface area contributed by atoms with E-state index >= 15 is 0 Å². The molecule has 23 heavy (non-hydrogen) atoms. The summed E-state index contributed by atoms with van der Waals surface area (Å²) in [7, 11) is 2.93. The van der Waals surface area contributed by atoms with Crippen LogP contribution in [0.2, 0.25) is 0 Å². The molecule has 130 valence electrons. The minimum absolute atomic E-state index is 0.0379. The van der Waals surface area contributed by atoms with Crippen LogP contribution in [0.1, 0.15) is 6.92 Å². The molecule has 10 heteroatoms. The molecule has 0 aromatic heterocycles. The van der Waals surface area contributed by atoms with E-state index in [0.717, 1.165) is 0 Å². The van der Waals surface area contributed by atoms with Crippen molar-refractivity contribution in [2.75, 3.05) is 27.6 Å². The van der Waals surface area contributed by atoms with E-state index in [1.807, 2.05) is 0 Å². The molecule has 0 aliphatic carbocycles. The van der Waals surface area contributed by atoms with E-state index in [-0.39, 0.29) is 19.3 Å². The predicted octanol–water partition coefficient (Wildman–Crippen LogP) is -0.894. The first-order chi connectivity index (χ1) is 11.0. The zero-order valence-electron chi connectivity index (χ0n) is 13.3. The molecular weight excluding hydrogens is 309 g/mol. The average molecular weight is 331 g/mol. The van der Waals surface area contributed by atoms with Crippen molar-refractivity contribution < 1.29 is 23.7 Å². The minimum atomic E-state index is -1.44. The van der Waals surface area contributed by atoms with Gasteiger partial charge in [0, 0.05) is 7.11 Å². The van der Waals surface area contributed by atoms with Crippen LogP contribution in [0.3, 0.4) is 0 Å². The fourth-order valence-electron chi connectivity index (χ4n) is 2.33. The molecule has 5 atom stereocenters. The predicted molar refractivity (Wildman–Crippen MR) is 82.2 cm³/mol. The van der Waals surface area contributed by atoms with Gasteiger partial charge < -0.3 is 30.0 Å². The number of nitrogens with two attached hydrogens (primary N) is 1. The van der Waals surface area contributed by atoms with E-state index < -0.39 is 30.6 Å². The monoisotopic (exact) mass is 331 g/mol. The number of nitrogens with zero attached hydrogens (tertiary/aromatic N) is 4. The first-order valence-electron chi connectivity index (χ1n) is 7.15. The van der Waals surface area contributed by atoms with Crippen molar-refractivity contribution in [1.29, 1.82) is 0 Å². The molecule has 0 amide bonds. The maximum absolute atomic E-state index is 13.3. The summed E-state index contributed by atoms with van der Waals surface area (Å²) in [5.74, 6) is 0.455. The third kappa shape index (κ3) is 3.95. The molecule has 0 aromatic rings. The number of halogens is 1. The van der Waals surface area contributed by atoms with Gasteiger partial charge in [0.25, 0.3) is 0 Å². The highest BCUT2D eigenvalue weighted by atomic mass is 19.1. The van der Waals surface area contributed by atoms with Crippen LogP contribution in [0.4, 0.5) is 4.39 Å². The summed E-state index contributed by atoms with van der Waals surface area (Å²) in [4.78, 5) is 14.1. The minimum Gasteiger partial charge on any atom is -0.482 e. The average Bonchev–Trinajstić information content (AvgIpc) is 2.92. The molecule has 0 saturated carbocycles. The number of alkyl halides is 1. The number of hydrogen-bond donors (Lipinski definition) is 2. The summed E-state index contributed by atoms with van der Waals surface area (Å²) in [5, 5.41) is 9.83. The number of methoxy groups -OCH3 is 2. The third-order valence-electron chi connectivity index (χ3n) is 3.57. The molecule has 2 unspecified atom stereocenters. The van der Waals surface area contributed by atoms with Gasteiger partial charge in [-0.15, -0.1) is 0 Å². The van der Waals surface area contributed by atoms with Crippen molar-refractivity contribution in [2.24, 2.45) is 20.7 Å². The molecule has 0 fully saturated rings. The summed E-state index contributed by atoms with van der Waals surface area (Å²) in [6.45, 7) is 1.36. The zero-order chi connectivity index (χ0) is 17.0. The van der Waals surface area contributed by atoms with Crippen LogP contribution in [-0.4, -0.2) is 86.3 Å². The summed E-state index contributed by atoms with van der Waals surface area (Å²) >= 11 is 0. The molecule has 0 bridgehead atoms. The zero-order valence-corrected chi connectivity index (χ0v) is 13.3. The van der Waals surface area contributed by atoms with Gasteiger partial charge in [0.2, 0.25) is 11.9 Å². The molecule has 2 aliphatic heterocycles. The number of guanidine groups is 1. The second kappa shape index (κ2) is 7.66. The summed E-state index contributed by atoms with van der Waals surface area (Å²) < 4.78 is 29.0. The number of rotatable bonds is 7. The maximum Gasteiger partial charge on any atom is 0.220 e. The van der Waals surface area contributed by atoms with Crippen molar-refractivity contribution in [2.45, 2.75) is 37.5 Å². The van der Waals surface area contributed by atoms with Crippen molar-refractivity contribution in [3.05, 3.63) is 0 Å². The Labute approximate surface area is 133 Å². The van der Waals surface area contributed by atoms with Crippen LogP contribution < -0.4 is 5.73 Å². The Kier molecular flexibility index (Phi) is 5.85. The molecule has 0 aromatic carbocycles. The van der Waals surface area contributed by atoms with E-state index in [1.54, 1.807) is 11.2 Å².